The van der Waals surface area contributed by atoms with Crippen LogP contribution in [0.4, 0.5) is 5.82 Å². The van der Waals surface area contributed by atoms with Crippen LogP contribution in [0.25, 0.3) is 0 Å². The number of nitrogens with zero attached hydrogens (tertiary/aromatic N) is 5. The third-order valence-electron chi connectivity index (χ3n) is 4.84. The number of amides is 1. The Morgan fingerprint density at radius 1 is 1.15 bits per heavy atom. The molecule has 1 fully saturated rings. The number of thioether (sulfide) groups is 1. The Kier molecular flexibility index (Phi) is 6.70. The lowest BCUT2D eigenvalue weighted by Gasteiger charge is -2.35. The van der Waals surface area contributed by atoms with Crippen LogP contribution in [0.3, 0.4) is 0 Å². The summed E-state index contributed by atoms with van der Waals surface area (Å²) in [5.41, 5.74) is 3.05. The number of pyridine rings is 1. The molecule has 0 radical (unpaired) electrons. The van der Waals surface area contributed by atoms with E-state index in [1.807, 2.05) is 43.3 Å². The van der Waals surface area contributed by atoms with Gasteiger partial charge in [0.1, 0.15) is 5.82 Å². The lowest BCUT2D eigenvalue weighted by Crippen LogP contribution is -2.49. The van der Waals surface area contributed by atoms with Crippen LogP contribution in [-0.2, 0) is 11.2 Å². The van der Waals surface area contributed by atoms with Gasteiger partial charge in [0.15, 0.2) is 5.16 Å². The molecule has 8 heteroatoms. The molecule has 0 unspecified atom stereocenters. The summed E-state index contributed by atoms with van der Waals surface area (Å²) in [6, 6.07) is 4.00. The highest BCUT2D eigenvalue weighted by Crippen LogP contribution is 2.19. The van der Waals surface area contributed by atoms with Crippen molar-refractivity contribution in [2.45, 2.75) is 31.8 Å². The minimum atomic E-state index is 0.200. The smallest absolute Gasteiger partial charge is 0.223 e. The van der Waals surface area contributed by atoms with Gasteiger partial charge in [0.25, 0.3) is 0 Å². The van der Waals surface area contributed by atoms with E-state index in [0.717, 1.165) is 58.6 Å². The zero-order valence-corrected chi connectivity index (χ0v) is 18.3. The molecule has 0 bridgehead atoms. The van der Waals surface area contributed by atoms with Gasteiger partial charge in [0.2, 0.25) is 5.91 Å². The van der Waals surface area contributed by atoms with Crippen LogP contribution in [-0.4, -0.2) is 58.2 Å². The predicted molar refractivity (Wildman–Crippen MR) is 112 cm³/mol. The number of piperazine rings is 1. The van der Waals surface area contributed by atoms with Crippen LogP contribution < -0.4 is 4.90 Å². The Morgan fingerprint density at radius 3 is 2.37 bits per heavy atom. The number of anilines is 1. The number of halogens is 1. The van der Waals surface area contributed by atoms with Gasteiger partial charge >= 0.3 is 0 Å². The van der Waals surface area contributed by atoms with Gasteiger partial charge < -0.3 is 9.80 Å². The van der Waals surface area contributed by atoms with E-state index >= 15 is 0 Å². The standard InChI is InChI=1S/C19H24BrN5OS/c1-13-16(14(2)23-19(22-13)27-3)5-7-18(26)25-10-8-24(9-11-25)17-6-4-15(20)12-21-17/h4,6,12H,5,7-11H2,1-3H3. The summed E-state index contributed by atoms with van der Waals surface area (Å²) < 4.78 is 0.972. The van der Waals surface area contributed by atoms with E-state index in [1.165, 1.54) is 0 Å². The van der Waals surface area contributed by atoms with Crippen LogP contribution in [0.5, 0.6) is 0 Å². The zero-order valence-electron chi connectivity index (χ0n) is 15.9. The summed E-state index contributed by atoms with van der Waals surface area (Å²) >= 11 is 4.95. The molecule has 27 heavy (non-hydrogen) atoms. The number of carbonyl (C=O) groups excluding carboxylic acids is 1. The van der Waals surface area contributed by atoms with Gasteiger partial charge in [-0.3, -0.25) is 4.79 Å². The quantitative estimate of drug-likeness (QED) is 0.515. The van der Waals surface area contributed by atoms with Gasteiger partial charge in [-0.1, -0.05) is 11.8 Å². The lowest BCUT2D eigenvalue weighted by molar-refractivity contribution is -0.131. The molecule has 6 nitrogen and oxygen atoms in total. The first-order chi connectivity index (χ1) is 13.0. The third kappa shape index (κ3) is 4.99. The van der Waals surface area contributed by atoms with E-state index < -0.39 is 0 Å². The number of hydrogen-bond donors (Lipinski definition) is 0. The largest absolute Gasteiger partial charge is 0.353 e. The Balaban J connectivity index is 1.53. The highest BCUT2D eigenvalue weighted by Gasteiger charge is 2.22. The molecular weight excluding hydrogens is 426 g/mol. The van der Waals surface area contributed by atoms with E-state index in [4.69, 9.17) is 0 Å². The molecule has 0 saturated carbocycles. The maximum Gasteiger partial charge on any atom is 0.223 e. The molecule has 0 aromatic carbocycles. The van der Waals surface area contributed by atoms with Crippen LogP contribution in [0.15, 0.2) is 28.0 Å². The first kappa shape index (κ1) is 20.1. The molecule has 144 valence electrons. The molecule has 1 aliphatic heterocycles. The first-order valence-corrected chi connectivity index (χ1v) is 11.0. The van der Waals surface area contributed by atoms with Gasteiger partial charge in [-0.05, 0) is 60.2 Å². The normalized spacial score (nSPS) is 14.5. The summed E-state index contributed by atoms with van der Waals surface area (Å²) in [5.74, 6) is 1.16. The molecule has 2 aromatic rings. The summed E-state index contributed by atoms with van der Waals surface area (Å²) in [6.07, 6.45) is 4.97. The second kappa shape index (κ2) is 9.01. The van der Waals surface area contributed by atoms with Gasteiger partial charge in [-0.2, -0.15) is 0 Å². The topological polar surface area (TPSA) is 62.2 Å². The molecule has 2 aromatic heterocycles. The summed E-state index contributed by atoms with van der Waals surface area (Å²) in [4.78, 5) is 30.3. The number of aromatic nitrogens is 3. The Morgan fingerprint density at radius 2 is 1.81 bits per heavy atom. The van der Waals surface area contributed by atoms with Crippen molar-refractivity contribution in [1.29, 1.82) is 0 Å². The minimum absolute atomic E-state index is 0.200. The van der Waals surface area contributed by atoms with Crippen molar-refractivity contribution >= 4 is 39.4 Å². The third-order valence-corrected chi connectivity index (χ3v) is 5.86. The van der Waals surface area contributed by atoms with E-state index in [1.54, 1.807) is 11.8 Å². The second-order valence-electron chi connectivity index (χ2n) is 6.56. The Hall–Kier alpha value is -1.67. The number of hydrogen-bond acceptors (Lipinski definition) is 6. The molecule has 0 atom stereocenters. The maximum atomic E-state index is 12.6. The van der Waals surface area contributed by atoms with Crippen LogP contribution >= 0.6 is 27.7 Å². The van der Waals surface area contributed by atoms with Crippen molar-refractivity contribution in [2.75, 3.05) is 37.3 Å². The van der Waals surface area contributed by atoms with Crippen molar-refractivity contribution in [2.24, 2.45) is 0 Å². The van der Waals surface area contributed by atoms with Gasteiger partial charge in [0.05, 0.1) is 0 Å². The molecule has 3 heterocycles. The van der Waals surface area contributed by atoms with Crippen molar-refractivity contribution in [3.63, 3.8) is 0 Å². The second-order valence-corrected chi connectivity index (χ2v) is 8.25. The van der Waals surface area contributed by atoms with E-state index in [9.17, 15) is 4.79 Å². The molecule has 0 spiro atoms. The molecule has 0 N–H and O–H groups in total. The minimum Gasteiger partial charge on any atom is -0.353 e. The number of aryl methyl sites for hydroxylation is 2. The fourth-order valence-electron chi connectivity index (χ4n) is 3.29. The number of carbonyl (C=O) groups is 1. The average molecular weight is 450 g/mol. The summed E-state index contributed by atoms with van der Waals surface area (Å²) in [7, 11) is 0. The highest BCUT2D eigenvalue weighted by molar-refractivity contribution is 9.10. The van der Waals surface area contributed by atoms with Gasteiger partial charge in [-0.15, -0.1) is 0 Å². The molecule has 1 amide bonds. The van der Waals surface area contributed by atoms with Crippen LogP contribution in [0, 0.1) is 13.8 Å². The summed E-state index contributed by atoms with van der Waals surface area (Å²) in [6.45, 7) is 7.08. The van der Waals surface area contributed by atoms with Crippen LogP contribution in [0.2, 0.25) is 0 Å². The highest BCUT2D eigenvalue weighted by atomic mass is 79.9. The monoisotopic (exact) mass is 449 g/mol. The van der Waals surface area contributed by atoms with Crippen LogP contribution in [0.1, 0.15) is 23.4 Å². The Labute approximate surface area is 172 Å². The maximum absolute atomic E-state index is 12.6. The summed E-state index contributed by atoms with van der Waals surface area (Å²) in [5, 5.41) is 0.790. The average Bonchev–Trinajstić information content (AvgIpc) is 2.67. The van der Waals surface area contributed by atoms with E-state index in [0.29, 0.717) is 12.8 Å². The van der Waals surface area contributed by atoms with Crippen molar-refractivity contribution in [3.05, 3.63) is 39.8 Å². The molecular formula is C19H24BrN5OS. The molecule has 1 saturated heterocycles. The molecule has 1 aliphatic rings. The Bertz CT molecular complexity index is 783. The number of rotatable bonds is 5. The predicted octanol–water partition coefficient (Wildman–Crippen LogP) is 3.25. The zero-order chi connectivity index (χ0) is 19.4. The fraction of sp³-hybridized carbons (Fsp3) is 0.474. The lowest BCUT2D eigenvalue weighted by atomic mass is 10.1. The van der Waals surface area contributed by atoms with Crippen molar-refractivity contribution in [1.82, 2.24) is 19.9 Å². The SMILES string of the molecule is CSc1nc(C)c(CCC(=O)N2CCN(c3ccc(Br)cn3)CC2)c(C)n1. The van der Waals surface area contributed by atoms with Crippen molar-refractivity contribution in [3.8, 4) is 0 Å². The van der Waals surface area contributed by atoms with E-state index in [2.05, 4.69) is 35.8 Å². The van der Waals surface area contributed by atoms with Gasteiger partial charge in [-0.25, -0.2) is 15.0 Å². The van der Waals surface area contributed by atoms with Crippen molar-refractivity contribution < 1.29 is 4.79 Å². The van der Waals surface area contributed by atoms with E-state index in [-0.39, 0.29) is 5.91 Å². The van der Waals surface area contributed by atoms with Gasteiger partial charge in [0, 0.05) is 54.7 Å². The fourth-order valence-corrected chi connectivity index (χ4v) is 3.98. The molecule has 0 aliphatic carbocycles. The molecule has 3 rings (SSSR count). The first-order valence-electron chi connectivity index (χ1n) is 9.00.